The SMILES string of the molecule is CCCCCCCC(C)c1cc2sc(CCCCC)cc2s1. The van der Waals surface area contributed by atoms with E-state index in [1.165, 1.54) is 73.6 Å². The van der Waals surface area contributed by atoms with Crippen molar-refractivity contribution in [3.05, 3.63) is 21.9 Å². The minimum atomic E-state index is 0.745. The predicted octanol–water partition coefficient (Wildman–Crippen LogP) is 8.16. The average molecular weight is 337 g/mol. The quantitative estimate of drug-likeness (QED) is 0.363. The van der Waals surface area contributed by atoms with Crippen LogP contribution in [-0.2, 0) is 6.42 Å². The highest BCUT2D eigenvalue weighted by Gasteiger charge is 2.12. The minimum Gasteiger partial charge on any atom is -0.139 e. The topological polar surface area (TPSA) is 0 Å². The third kappa shape index (κ3) is 5.38. The van der Waals surface area contributed by atoms with E-state index in [1.54, 1.807) is 9.75 Å². The first-order chi connectivity index (χ1) is 10.7. The molecule has 22 heavy (non-hydrogen) atoms. The lowest BCUT2D eigenvalue weighted by Gasteiger charge is -2.08. The second kappa shape index (κ2) is 9.72. The van der Waals surface area contributed by atoms with Gasteiger partial charge in [-0.15, -0.1) is 22.7 Å². The number of rotatable bonds is 11. The number of fused-ring (bicyclic) bond motifs is 1. The lowest BCUT2D eigenvalue weighted by molar-refractivity contribution is 0.571. The van der Waals surface area contributed by atoms with Gasteiger partial charge < -0.3 is 0 Å². The Bertz CT molecular complexity index is 503. The zero-order valence-electron chi connectivity index (χ0n) is 14.6. The van der Waals surface area contributed by atoms with E-state index in [9.17, 15) is 0 Å². The molecule has 0 N–H and O–H groups in total. The van der Waals surface area contributed by atoms with Crippen LogP contribution in [0.2, 0.25) is 0 Å². The molecule has 0 spiro atoms. The van der Waals surface area contributed by atoms with Gasteiger partial charge in [0.25, 0.3) is 0 Å². The van der Waals surface area contributed by atoms with E-state index in [0.29, 0.717) is 0 Å². The molecular weight excluding hydrogens is 304 g/mol. The summed E-state index contributed by atoms with van der Waals surface area (Å²) in [5, 5.41) is 0. The molecule has 0 nitrogen and oxygen atoms in total. The van der Waals surface area contributed by atoms with Crippen molar-refractivity contribution in [2.24, 2.45) is 0 Å². The van der Waals surface area contributed by atoms with Crippen LogP contribution >= 0.6 is 22.7 Å². The van der Waals surface area contributed by atoms with Crippen LogP contribution in [0, 0.1) is 0 Å². The third-order valence-corrected chi connectivity index (χ3v) is 7.11. The summed E-state index contributed by atoms with van der Waals surface area (Å²) in [6.07, 6.45) is 13.7. The largest absolute Gasteiger partial charge is 0.139 e. The molecule has 0 amide bonds. The van der Waals surface area contributed by atoms with E-state index >= 15 is 0 Å². The fourth-order valence-electron chi connectivity index (χ4n) is 3.02. The van der Waals surface area contributed by atoms with Crippen molar-refractivity contribution in [2.75, 3.05) is 0 Å². The highest BCUT2D eigenvalue weighted by Crippen LogP contribution is 2.38. The molecule has 0 fully saturated rings. The average Bonchev–Trinajstić information content (AvgIpc) is 3.05. The van der Waals surface area contributed by atoms with E-state index < -0.39 is 0 Å². The fourth-order valence-corrected chi connectivity index (χ4v) is 5.58. The highest BCUT2D eigenvalue weighted by molar-refractivity contribution is 7.27. The molecular formula is C20H32S2. The van der Waals surface area contributed by atoms with Gasteiger partial charge in [-0.25, -0.2) is 0 Å². The van der Waals surface area contributed by atoms with Crippen LogP contribution in [0.1, 0.15) is 94.2 Å². The molecule has 2 heteroatoms. The predicted molar refractivity (Wildman–Crippen MR) is 105 cm³/mol. The van der Waals surface area contributed by atoms with Crippen molar-refractivity contribution in [1.29, 1.82) is 0 Å². The summed E-state index contributed by atoms with van der Waals surface area (Å²) >= 11 is 4.08. The molecule has 124 valence electrons. The Morgan fingerprint density at radius 2 is 1.50 bits per heavy atom. The van der Waals surface area contributed by atoms with Crippen LogP contribution in [0.3, 0.4) is 0 Å². The summed E-state index contributed by atoms with van der Waals surface area (Å²) in [6.45, 7) is 6.98. The Morgan fingerprint density at radius 1 is 0.818 bits per heavy atom. The van der Waals surface area contributed by atoms with Gasteiger partial charge in [0, 0.05) is 19.2 Å². The Kier molecular flexibility index (Phi) is 7.96. The van der Waals surface area contributed by atoms with Gasteiger partial charge in [0.2, 0.25) is 0 Å². The maximum Gasteiger partial charge on any atom is 0.0456 e. The molecule has 1 atom stereocenters. The smallest absolute Gasteiger partial charge is 0.0456 e. The lowest BCUT2D eigenvalue weighted by atomic mass is 10.0. The van der Waals surface area contributed by atoms with Gasteiger partial charge in [0.1, 0.15) is 0 Å². The molecule has 0 saturated heterocycles. The second-order valence-electron chi connectivity index (χ2n) is 6.65. The van der Waals surface area contributed by atoms with Crippen LogP contribution in [0.5, 0.6) is 0 Å². The summed E-state index contributed by atoms with van der Waals surface area (Å²) in [7, 11) is 0. The van der Waals surface area contributed by atoms with Gasteiger partial charge in [-0.3, -0.25) is 0 Å². The summed E-state index contributed by atoms with van der Waals surface area (Å²) in [5.74, 6) is 0.745. The molecule has 0 aromatic carbocycles. The van der Waals surface area contributed by atoms with Crippen LogP contribution < -0.4 is 0 Å². The third-order valence-electron chi connectivity index (χ3n) is 4.53. The summed E-state index contributed by atoms with van der Waals surface area (Å²) in [6, 6.07) is 4.93. The molecule has 0 saturated carbocycles. The number of aryl methyl sites for hydroxylation is 1. The van der Waals surface area contributed by atoms with Gasteiger partial charge in [-0.2, -0.15) is 0 Å². The Hall–Kier alpha value is -0.340. The monoisotopic (exact) mass is 336 g/mol. The molecule has 2 aromatic heterocycles. The molecule has 0 aliphatic rings. The van der Waals surface area contributed by atoms with Gasteiger partial charge in [-0.1, -0.05) is 65.7 Å². The number of hydrogen-bond acceptors (Lipinski definition) is 2. The van der Waals surface area contributed by atoms with Crippen LogP contribution in [-0.4, -0.2) is 0 Å². The normalized spacial score (nSPS) is 13.0. The molecule has 2 rings (SSSR count). The Labute approximate surface area is 145 Å². The summed E-state index contributed by atoms with van der Waals surface area (Å²) < 4.78 is 3.06. The van der Waals surface area contributed by atoms with Crippen molar-refractivity contribution in [3.8, 4) is 0 Å². The van der Waals surface area contributed by atoms with Gasteiger partial charge in [-0.05, 0) is 37.3 Å². The van der Waals surface area contributed by atoms with Crippen LogP contribution in [0.15, 0.2) is 12.1 Å². The second-order valence-corrected chi connectivity index (χ2v) is 8.93. The van der Waals surface area contributed by atoms with Crippen molar-refractivity contribution < 1.29 is 0 Å². The maximum absolute atomic E-state index is 2.48. The summed E-state index contributed by atoms with van der Waals surface area (Å²) in [4.78, 5) is 3.20. The zero-order chi connectivity index (χ0) is 15.8. The number of hydrogen-bond donors (Lipinski definition) is 0. The van der Waals surface area contributed by atoms with Gasteiger partial charge in [0.15, 0.2) is 0 Å². The Balaban J connectivity index is 1.82. The van der Waals surface area contributed by atoms with Crippen molar-refractivity contribution in [3.63, 3.8) is 0 Å². The van der Waals surface area contributed by atoms with E-state index in [2.05, 4.69) is 32.9 Å². The first-order valence-electron chi connectivity index (χ1n) is 9.26. The van der Waals surface area contributed by atoms with Crippen LogP contribution in [0.25, 0.3) is 9.40 Å². The van der Waals surface area contributed by atoms with Gasteiger partial charge in [0.05, 0.1) is 0 Å². The highest BCUT2D eigenvalue weighted by atomic mass is 32.1. The molecule has 0 radical (unpaired) electrons. The number of thiophene rings is 2. The van der Waals surface area contributed by atoms with Crippen molar-refractivity contribution >= 4 is 32.1 Å². The fraction of sp³-hybridized carbons (Fsp3) is 0.700. The number of unbranched alkanes of at least 4 members (excludes halogenated alkanes) is 6. The first-order valence-corrected chi connectivity index (χ1v) is 10.9. The molecule has 1 unspecified atom stereocenters. The first kappa shape index (κ1) is 18.0. The lowest BCUT2D eigenvalue weighted by Crippen LogP contribution is -1.90. The molecule has 2 heterocycles. The maximum atomic E-state index is 2.48. The molecule has 0 aliphatic carbocycles. The van der Waals surface area contributed by atoms with E-state index in [-0.39, 0.29) is 0 Å². The van der Waals surface area contributed by atoms with Crippen LogP contribution in [0.4, 0.5) is 0 Å². The minimum absolute atomic E-state index is 0.745. The van der Waals surface area contributed by atoms with Crippen molar-refractivity contribution in [1.82, 2.24) is 0 Å². The Morgan fingerprint density at radius 3 is 2.23 bits per heavy atom. The molecule has 2 aromatic rings. The van der Waals surface area contributed by atoms with E-state index in [1.807, 2.05) is 22.7 Å². The van der Waals surface area contributed by atoms with Gasteiger partial charge >= 0.3 is 0 Å². The molecule has 0 bridgehead atoms. The summed E-state index contributed by atoms with van der Waals surface area (Å²) in [5.41, 5.74) is 0. The van der Waals surface area contributed by atoms with E-state index in [4.69, 9.17) is 0 Å². The zero-order valence-corrected chi connectivity index (χ0v) is 16.3. The van der Waals surface area contributed by atoms with E-state index in [0.717, 1.165) is 5.92 Å². The molecule has 0 aliphatic heterocycles. The van der Waals surface area contributed by atoms with Crippen molar-refractivity contribution in [2.45, 2.75) is 90.9 Å². The standard InChI is InChI=1S/C20H32S2/c1-4-6-8-9-11-12-16(3)18-15-20-19(22-18)14-17(21-20)13-10-7-5-2/h14-16H,4-13H2,1-3H3.